The Morgan fingerprint density at radius 3 is 1.79 bits per heavy atom. The van der Waals surface area contributed by atoms with Crippen LogP contribution in [0.25, 0.3) is 0 Å². The van der Waals surface area contributed by atoms with Crippen molar-refractivity contribution in [3.05, 3.63) is 23.8 Å². The van der Waals surface area contributed by atoms with E-state index >= 15 is 0 Å². The smallest absolute Gasteiger partial charge is 0.125 e. The zero-order valence-corrected chi connectivity index (χ0v) is 16.0. The first-order valence-corrected chi connectivity index (χ1v) is 10.2. The van der Waals surface area contributed by atoms with Crippen LogP contribution in [0.15, 0.2) is 18.2 Å². The number of hydrogen-bond donors (Lipinski definition) is 1. The highest BCUT2D eigenvalue weighted by atomic mass is 16.5. The Morgan fingerprint density at radius 2 is 1.25 bits per heavy atom. The molecule has 1 rings (SSSR count). The molecule has 0 saturated carbocycles. The molecule has 1 N–H and O–H groups in total. The summed E-state index contributed by atoms with van der Waals surface area (Å²) in [5.74, 6) is 1.13. The van der Waals surface area contributed by atoms with Crippen LogP contribution in [-0.4, -0.2) is 11.7 Å². The van der Waals surface area contributed by atoms with Gasteiger partial charge in [0.25, 0.3) is 0 Å². The molecule has 0 aromatic heterocycles. The van der Waals surface area contributed by atoms with E-state index in [4.69, 9.17) is 4.74 Å². The molecule has 0 radical (unpaired) electrons. The Kier molecular flexibility index (Phi) is 12.3. The molecule has 0 aliphatic rings. The topological polar surface area (TPSA) is 29.5 Å². The van der Waals surface area contributed by atoms with Crippen molar-refractivity contribution in [2.24, 2.45) is 0 Å². The molecule has 2 heteroatoms. The van der Waals surface area contributed by atoms with E-state index in [1.54, 1.807) is 6.07 Å². The third kappa shape index (κ3) is 9.85. The van der Waals surface area contributed by atoms with Crippen LogP contribution in [0.3, 0.4) is 0 Å². The molecule has 24 heavy (non-hydrogen) atoms. The van der Waals surface area contributed by atoms with Crippen molar-refractivity contribution in [1.29, 1.82) is 0 Å². The van der Waals surface area contributed by atoms with Gasteiger partial charge in [-0.3, -0.25) is 0 Å². The van der Waals surface area contributed by atoms with Gasteiger partial charge in [-0.2, -0.15) is 0 Å². The van der Waals surface area contributed by atoms with Gasteiger partial charge < -0.3 is 9.84 Å². The summed E-state index contributed by atoms with van der Waals surface area (Å²) >= 11 is 0. The van der Waals surface area contributed by atoms with Crippen LogP contribution in [0.5, 0.6) is 11.5 Å². The molecular weight excluding hydrogens is 296 g/mol. The van der Waals surface area contributed by atoms with Gasteiger partial charge in [0.2, 0.25) is 0 Å². The van der Waals surface area contributed by atoms with Crippen LogP contribution in [0, 0.1) is 6.92 Å². The van der Waals surface area contributed by atoms with Gasteiger partial charge in [0, 0.05) is 5.56 Å². The molecule has 0 aliphatic carbocycles. The molecule has 138 valence electrons. The lowest BCUT2D eigenvalue weighted by atomic mass is 10.0. The molecule has 0 aliphatic heterocycles. The standard InChI is InChI=1S/C22H38O2/c1-3-4-5-6-7-8-9-10-11-12-13-14-15-19-24-22-18-16-17-21(23)20(22)2/h16-18,23H,3-15,19H2,1-2H3. The zero-order chi connectivity index (χ0) is 17.5. The van der Waals surface area contributed by atoms with E-state index in [-0.39, 0.29) is 0 Å². The van der Waals surface area contributed by atoms with Crippen molar-refractivity contribution < 1.29 is 9.84 Å². The van der Waals surface area contributed by atoms with Gasteiger partial charge in [-0.1, -0.05) is 90.0 Å². The largest absolute Gasteiger partial charge is 0.508 e. The predicted molar refractivity (Wildman–Crippen MR) is 104 cm³/mol. The maximum atomic E-state index is 9.64. The van der Waals surface area contributed by atoms with Crippen LogP contribution in [0.2, 0.25) is 0 Å². The molecule has 1 aromatic carbocycles. The Hall–Kier alpha value is -1.18. The fourth-order valence-electron chi connectivity index (χ4n) is 3.06. The first-order chi connectivity index (χ1) is 11.8. The van der Waals surface area contributed by atoms with E-state index in [0.29, 0.717) is 5.75 Å². The van der Waals surface area contributed by atoms with E-state index in [1.165, 1.54) is 77.0 Å². The lowest BCUT2D eigenvalue weighted by Crippen LogP contribution is -1.98. The molecule has 0 heterocycles. The summed E-state index contributed by atoms with van der Waals surface area (Å²) in [6.07, 6.45) is 17.7. The normalized spacial score (nSPS) is 10.9. The third-order valence-electron chi connectivity index (χ3n) is 4.76. The summed E-state index contributed by atoms with van der Waals surface area (Å²) in [6.45, 7) is 4.93. The number of aromatic hydroxyl groups is 1. The number of phenolic OH excluding ortho intramolecular Hbond substituents is 1. The number of ether oxygens (including phenoxy) is 1. The molecule has 0 unspecified atom stereocenters. The molecule has 0 saturated heterocycles. The summed E-state index contributed by atoms with van der Waals surface area (Å²) in [4.78, 5) is 0. The van der Waals surface area contributed by atoms with Crippen LogP contribution >= 0.6 is 0 Å². The van der Waals surface area contributed by atoms with Gasteiger partial charge in [0.05, 0.1) is 6.61 Å². The third-order valence-corrected chi connectivity index (χ3v) is 4.76. The summed E-state index contributed by atoms with van der Waals surface area (Å²) in [5, 5.41) is 9.64. The minimum absolute atomic E-state index is 0.317. The van der Waals surface area contributed by atoms with Gasteiger partial charge in [-0.25, -0.2) is 0 Å². The first kappa shape index (κ1) is 20.9. The van der Waals surface area contributed by atoms with Crippen molar-refractivity contribution in [2.45, 2.75) is 97.3 Å². The Labute approximate surface area is 149 Å². The molecule has 2 nitrogen and oxygen atoms in total. The van der Waals surface area contributed by atoms with Crippen molar-refractivity contribution in [3.8, 4) is 11.5 Å². The summed E-state index contributed by atoms with van der Waals surface area (Å²) in [5.41, 5.74) is 0.840. The second-order valence-corrected chi connectivity index (χ2v) is 6.99. The average molecular weight is 335 g/mol. The van der Waals surface area contributed by atoms with Crippen molar-refractivity contribution in [1.82, 2.24) is 0 Å². The maximum absolute atomic E-state index is 9.64. The molecular formula is C22H38O2. The number of unbranched alkanes of at least 4 members (excludes halogenated alkanes) is 12. The lowest BCUT2D eigenvalue weighted by molar-refractivity contribution is 0.300. The Bertz CT molecular complexity index is 414. The molecule has 0 amide bonds. The highest BCUT2D eigenvalue weighted by Crippen LogP contribution is 2.26. The second-order valence-electron chi connectivity index (χ2n) is 6.99. The van der Waals surface area contributed by atoms with E-state index in [1.807, 2.05) is 19.1 Å². The zero-order valence-electron chi connectivity index (χ0n) is 16.0. The quantitative estimate of drug-likeness (QED) is 0.344. The number of hydrogen-bond acceptors (Lipinski definition) is 2. The van der Waals surface area contributed by atoms with E-state index in [0.717, 1.165) is 24.3 Å². The first-order valence-electron chi connectivity index (χ1n) is 10.2. The predicted octanol–water partition coefficient (Wildman–Crippen LogP) is 7.17. The summed E-state index contributed by atoms with van der Waals surface area (Å²) < 4.78 is 5.76. The van der Waals surface area contributed by atoms with Gasteiger partial charge in [-0.15, -0.1) is 0 Å². The monoisotopic (exact) mass is 334 g/mol. The Balaban J connectivity index is 1.85. The van der Waals surface area contributed by atoms with E-state index in [9.17, 15) is 5.11 Å². The van der Waals surface area contributed by atoms with Crippen molar-refractivity contribution in [2.75, 3.05) is 6.61 Å². The molecule has 1 aromatic rings. The van der Waals surface area contributed by atoms with Gasteiger partial charge >= 0.3 is 0 Å². The minimum atomic E-state index is 0.317. The average Bonchev–Trinajstić information content (AvgIpc) is 2.58. The van der Waals surface area contributed by atoms with Gasteiger partial charge in [0.15, 0.2) is 0 Å². The second kappa shape index (κ2) is 14.2. The molecule has 0 bridgehead atoms. The number of rotatable bonds is 15. The minimum Gasteiger partial charge on any atom is -0.508 e. The molecule has 0 spiro atoms. The highest BCUT2D eigenvalue weighted by molar-refractivity contribution is 5.42. The molecule has 0 fully saturated rings. The summed E-state index contributed by atoms with van der Waals surface area (Å²) in [6, 6.07) is 5.46. The van der Waals surface area contributed by atoms with E-state index < -0.39 is 0 Å². The van der Waals surface area contributed by atoms with Crippen LogP contribution < -0.4 is 4.74 Å². The fraction of sp³-hybridized carbons (Fsp3) is 0.727. The van der Waals surface area contributed by atoms with Crippen molar-refractivity contribution >= 4 is 0 Å². The number of benzene rings is 1. The lowest BCUT2D eigenvalue weighted by Gasteiger charge is -2.09. The number of phenols is 1. The van der Waals surface area contributed by atoms with Gasteiger partial charge in [-0.05, 0) is 25.5 Å². The van der Waals surface area contributed by atoms with Gasteiger partial charge in [0.1, 0.15) is 11.5 Å². The fourth-order valence-corrected chi connectivity index (χ4v) is 3.06. The van der Waals surface area contributed by atoms with E-state index in [2.05, 4.69) is 6.92 Å². The van der Waals surface area contributed by atoms with Crippen LogP contribution in [-0.2, 0) is 0 Å². The summed E-state index contributed by atoms with van der Waals surface area (Å²) in [7, 11) is 0. The SMILES string of the molecule is CCCCCCCCCCCCCCCOc1cccc(O)c1C. The maximum Gasteiger partial charge on any atom is 0.125 e. The van der Waals surface area contributed by atoms with Crippen molar-refractivity contribution in [3.63, 3.8) is 0 Å². The Morgan fingerprint density at radius 1 is 0.750 bits per heavy atom. The molecule has 0 atom stereocenters. The highest BCUT2D eigenvalue weighted by Gasteiger charge is 2.03. The van der Waals surface area contributed by atoms with Crippen LogP contribution in [0.1, 0.15) is 96.0 Å². The van der Waals surface area contributed by atoms with Crippen LogP contribution in [0.4, 0.5) is 0 Å².